The molecule has 2 rings (SSSR count). The molecule has 158 valence electrons. The number of nitriles is 1. The van der Waals surface area contributed by atoms with Gasteiger partial charge in [0, 0.05) is 22.6 Å². The minimum atomic E-state index is -0.266. The van der Waals surface area contributed by atoms with Gasteiger partial charge in [-0.05, 0) is 42.3 Å². The highest BCUT2D eigenvalue weighted by Crippen LogP contribution is 2.37. The van der Waals surface area contributed by atoms with E-state index in [1.807, 2.05) is 38.1 Å². The first-order valence-corrected chi connectivity index (χ1v) is 10.9. The zero-order valence-corrected chi connectivity index (χ0v) is 18.8. The minimum Gasteiger partial charge on any atom is -0.493 e. The second-order valence-corrected chi connectivity index (χ2v) is 8.38. The van der Waals surface area contributed by atoms with Gasteiger partial charge in [0.25, 0.3) is 0 Å². The monoisotopic (exact) mass is 444 g/mol. The summed E-state index contributed by atoms with van der Waals surface area (Å²) < 4.78 is 11.0. The molecule has 0 aliphatic rings. The summed E-state index contributed by atoms with van der Waals surface area (Å²) >= 11 is 7.88. The van der Waals surface area contributed by atoms with E-state index in [0.717, 1.165) is 16.9 Å². The summed E-state index contributed by atoms with van der Waals surface area (Å²) in [6, 6.07) is 13.2. The van der Waals surface area contributed by atoms with Crippen molar-refractivity contribution in [1.29, 1.82) is 5.26 Å². The predicted octanol–water partition coefficient (Wildman–Crippen LogP) is 6.18. The third-order valence-corrected chi connectivity index (χ3v) is 5.44. The summed E-state index contributed by atoms with van der Waals surface area (Å²) in [5.74, 6) is 0.752. The van der Waals surface area contributed by atoms with Crippen LogP contribution in [-0.4, -0.2) is 24.9 Å². The number of thioether (sulfide) groups is 1. The molecule has 7 heteroatoms. The van der Waals surface area contributed by atoms with Crippen molar-refractivity contribution in [1.82, 2.24) is 0 Å². The quantitative estimate of drug-likeness (QED) is 0.349. The first-order valence-electron chi connectivity index (χ1n) is 9.60. The van der Waals surface area contributed by atoms with Gasteiger partial charge in [-0.3, -0.25) is 4.79 Å². The van der Waals surface area contributed by atoms with E-state index < -0.39 is 0 Å². The van der Waals surface area contributed by atoms with Crippen LogP contribution >= 0.6 is 23.4 Å². The molecule has 0 saturated carbocycles. The van der Waals surface area contributed by atoms with Crippen LogP contribution in [0.25, 0.3) is 6.08 Å². The van der Waals surface area contributed by atoms with E-state index >= 15 is 0 Å². The zero-order valence-electron chi connectivity index (χ0n) is 17.3. The van der Waals surface area contributed by atoms with Gasteiger partial charge in [0.05, 0.1) is 30.5 Å². The largest absolute Gasteiger partial charge is 0.493 e. The Hall–Kier alpha value is -2.62. The van der Waals surface area contributed by atoms with Crippen LogP contribution in [0.5, 0.6) is 11.5 Å². The molecule has 0 saturated heterocycles. The average molecular weight is 445 g/mol. The molecule has 2 aromatic carbocycles. The van der Waals surface area contributed by atoms with E-state index in [0.29, 0.717) is 35.2 Å². The third-order valence-electron chi connectivity index (χ3n) is 3.98. The fourth-order valence-corrected chi connectivity index (χ4v) is 3.85. The topological polar surface area (TPSA) is 71.3 Å². The Bertz CT molecular complexity index is 941. The van der Waals surface area contributed by atoms with Gasteiger partial charge in [0.15, 0.2) is 11.5 Å². The molecule has 5 nitrogen and oxygen atoms in total. The maximum atomic E-state index is 12.4. The summed E-state index contributed by atoms with van der Waals surface area (Å²) in [6.45, 7) is 4.53. The number of amides is 1. The lowest BCUT2D eigenvalue weighted by Gasteiger charge is -2.13. The molecule has 0 fully saturated rings. The highest BCUT2D eigenvalue weighted by atomic mass is 35.5. The summed E-state index contributed by atoms with van der Waals surface area (Å²) in [7, 11) is 1.55. The van der Waals surface area contributed by atoms with Crippen LogP contribution in [0.3, 0.4) is 0 Å². The molecule has 0 aliphatic carbocycles. The van der Waals surface area contributed by atoms with E-state index in [1.54, 1.807) is 37.1 Å². The van der Waals surface area contributed by atoms with Crippen LogP contribution in [-0.2, 0) is 4.79 Å². The number of rotatable bonds is 10. The maximum Gasteiger partial charge on any atom is 0.248 e. The Morgan fingerprint density at radius 1 is 1.37 bits per heavy atom. The fraction of sp³-hybridized carbons (Fsp3) is 0.304. The molecule has 0 bridgehead atoms. The molecule has 0 heterocycles. The number of halogens is 1. The van der Waals surface area contributed by atoms with Crippen molar-refractivity contribution < 1.29 is 14.3 Å². The highest BCUT2D eigenvalue weighted by Gasteiger charge is 2.12. The van der Waals surface area contributed by atoms with E-state index in [4.69, 9.17) is 26.3 Å². The number of nitrogens with one attached hydrogen (secondary N) is 1. The number of hydrogen-bond acceptors (Lipinski definition) is 5. The molecule has 30 heavy (non-hydrogen) atoms. The van der Waals surface area contributed by atoms with Crippen LogP contribution in [0.4, 0.5) is 5.69 Å². The van der Waals surface area contributed by atoms with Gasteiger partial charge in [-0.2, -0.15) is 5.26 Å². The van der Waals surface area contributed by atoms with Gasteiger partial charge >= 0.3 is 0 Å². The Balaban J connectivity index is 2.12. The van der Waals surface area contributed by atoms with Crippen molar-refractivity contribution in [2.24, 2.45) is 0 Å². The highest BCUT2D eigenvalue weighted by molar-refractivity contribution is 8.00. The van der Waals surface area contributed by atoms with Crippen molar-refractivity contribution in [2.45, 2.75) is 36.8 Å². The molecular formula is C23H25ClN2O3S. The van der Waals surface area contributed by atoms with Crippen molar-refractivity contribution >= 4 is 41.0 Å². The zero-order chi connectivity index (χ0) is 21.9. The van der Waals surface area contributed by atoms with Gasteiger partial charge in [-0.15, -0.1) is 11.8 Å². The van der Waals surface area contributed by atoms with Crippen LogP contribution in [0.1, 0.15) is 32.3 Å². The SMILES string of the molecule is CCCOc1c(Cl)cc(C=CC(=O)Nc2ccccc2SC(C)CC#N)cc1OC. The van der Waals surface area contributed by atoms with Crippen molar-refractivity contribution in [3.8, 4) is 17.6 Å². The summed E-state index contributed by atoms with van der Waals surface area (Å²) in [6.07, 6.45) is 4.41. The van der Waals surface area contributed by atoms with Crippen LogP contribution in [0.2, 0.25) is 5.02 Å². The second kappa shape index (κ2) is 12.2. The molecule has 1 unspecified atom stereocenters. The summed E-state index contributed by atoms with van der Waals surface area (Å²) in [5, 5.41) is 12.3. The molecule has 0 radical (unpaired) electrons. The van der Waals surface area contributed by atoms with E-state index in [2.05, 4.69) is 11.4 Å². The van der Waals surface area contributed by atoms with E-state index in [9.17, 15) is 4.79 Å². The molecular weight excluding hydrogens is 420 g/mol. The number of carbonyl (C=O) groups is 1. The van der Waals surface area contributed by atoms with E-state index in [-0.39, 0.29) is 11.2 Å². The van der Waals surface area contributed by atoms with Crippen molar-refractivity contribution in [3.05, 3.63) is 53.1 Å². The van der Waals surface area contributed by atoms with Crippen LogP contribution < -0.4 is 14.8 Å². The molecule has 1 atom stereocenters. The number of carbonyl (C=O) groups excluding carboxylic acids is 1. The summed E-state index contributed by atoms with van der Waals surface area (Å²) in [4.78, 5) is 13.4. The maximum absolute atomic E-state index is 12.4. The molecule has 1 amide bonds. The predicted molar refractivity (Wildman–Crippen MR) is 123 cm³/mol. The minimum absolute atomic E-state index is 0.131. The number of anilines is 1. The molecule has 0 spiro atoms. The Morgan fingerprint density at radius 2 is 2.13 bits per heavy atom. The van der Waals surface area contributed by atoms with Crippen molar-refractivity contribution in [3.63, 3.8) is 0 Å². The number of hydrogen-bond donors (Lipinski definition) is 1. The number of para-hydroxylation sites is 1. The lowest BCUT2D eigenvalue weighted by Crippen LogP contribution is -2.09. The van der Waals surface area contributed by atoms with E-state index in [1.165, 1.54) is 6.08 Å². The van der Waals surface area contributed by atoms with Gasteiger partial charge < -0.3 is 14.8 Å². The Labute approximate surface area is 187 Å². The number of nitrogens with zero attached hydrogens (tertiary/aromatic N) is 1. The lowest BCUT2D eigenvalue weighted by molar-refractivity contribution is -0.111. The fourth-order valence-electron chi connectivity index (χ4n) is 2.59. The first kappa shape index (κ1) is 23.7. The standard InChI is InChI=1S/C23H25ClN2O3S/c1-4-13-29-23-18(24)14-17(15-20(23)28-3)9-10-22(27)26-19-7-5-6-8-21(19)30-16(2)11-12-25/h5-10,14-16H,4,11,13H2,1-3H3,(H,26,27). The average Bonchev–Trinajstić information content (AvgIpc) is 2.72. The normalized spacial score (nSPS) is 11.7. The number of ether oxygens (including phenoxy) is 2. The van der Waals surface area contributed by atoms with Gasteiger partial charge in [-0.1, -0.05) is 37.6 Å². The van der Waals surface area contributed by atoms with Crippen LogP contribution in [0, 0.1) is 11.3 Å². The number of benzene rings is 2. The summed E-state index contributed by atoms with van der Waals surface area (Å²) in [5.41, 5.74) is 1.43. The van der Waals surface area contributed by atoms with Crippen LogP contribution in [0.15, 0.2) is 47.4 Å². The van der Waals surface area contributed by atoms with Gasteiger partial charge in [0.2, 0.25) is 5.91 Å². The second-order valence-electron chi connectivity index (χ2n) is 6.49. The number of methoxy groups -OCH3 is 1. The lowest BCUT2D eigenvalue weighted by atomic mass is 10.2. The Morgan fingerprint density at radius 3 is 2.83 bits per heavy atom. The molecule has 0 aliphatic heterocycles. The van der Waals surface area contributed by atoms with Gasteiger partial charge in [-0.25, -0.2) is 0 Å². The first-order chi connectivity index (χ1) is 14.5. The third kappa shape index (κ3) is 7.01. The Kier molecular flexibility index (Phi) is 9.59. The van der Waals surface area contributed by atoms with Crippen molar-refractivity contribution in [2.75, 3.05) is 19.0 Å². The molecule has 2 aromatic rings. The smallest absolute Gasteiger partial charge is 0.248 e. The molecule has 0 aromatic heterocycles. The molecule has 1 N–H and O–H groups in total. The van der Waals surface area contributed by atoms with Gasteiger partial charge in [0.1, 0.15) is 0 Å².